The molecule has 0 amide bonds. The fourth-order valence-corrected chi connectivity index (χ4v) is 7.80. The minimum atomic E-state index is 0.910. The van der Waals surface area contributed by atoms with Gasteiger partial charge in [0.05, 0.1) is 5.69 Å². The Balaban J connectivity index is 1.18. The summed E-state index contributed by atoms with van der Waals surface area (Å²) in [5, 5.41) is 7.07. The first-order chi connectivity index (χ1) is 25.8. The van der Waals surface area contributed by atoms with Crippen LogP contribution >= 0.6 is 0 Å². The van der Waals surface area contributed by atoms with Crippen LogP contribution in [0.4, 0.5) is 17.1 Å². The smallest absolute Gasteiger partial charge is 0.143 e. The number of rotatable bonds is 6. The number of hydrogen-bond acceptors (Lipinski definition) is 2. The predicted molar refractivity (Wildman–Crippen MR) is 220 cm³/mol. The average Bonchev–Trinajstić information content (AvgIpc) is 3.61. The zero-order valence-corrected chi connectivity index (χ0v) is 28.4. The summed E-state index contributed by atoms with van der Waals surface area (Å²) < 4.78 is 6.53. The van der Waals surface area contributed by atoms with Crippen molar-refractivity contribution in [2.45, 2.75) is 0 Å². The zero-order valence-electron chi connectivity index (χ0n) is 28.4. The summed E-state index contributed by atoms with van der Waals surface area (Å²) in [7, 11) is 0. The van der Waals surface area contributed by atoms with Crippen LogP contribution in [-0.2, 0) is 0 Å². The first-order valence-corrected chi connectivity index (χ1v) is 17.8. The minimum Gasteiger partial charge on any atom is -0.455 e. The molecular formula is C50H33NO. The molecule has 1 aromatic heterocycles. The molecule has 0 aliphatic rings. The molecule has 0 unspecified atom stereocenters. The van der Waals surface area contributed by atoms with Crippen LogP contribution in [-0.4, -0.2) is 0 Å². The summed E-state index contributed by atoms with van der Waals surface area (Å²) in [4.78, 5) is 2.40. The molecule has 0 N–H and O–H groups in total. The van der Waals surface area contributed by atoms with Gasteiger partial charge in [0.15, 0.2) is 0 Å². The van der Waals surface area contributed by atoms with Gasteiger partial charge in [-0.3, -0.25) is 0 Å². The van der Waals surface area contributed by atoms with Gasteiger partial charge >= 0.3 is 0 Å². The van der Waals surface area contributed by atoms with E-state index in [4.69, 9.17) is 4.42 Å². The van der Waals surface area contributed by atoms with Crippen LogP contribution in [0.15, 0.2) is 205 Å². The summed E-state index contributed by atoms with van der Waals surface area (Å²) in [5.74, 6) is 0. The molecule has 0 spiro atoms. The first-order valence-electron chi connectivity index (χ1n) is 17.8. The molecule has 0 saturated heterocycles. The fraction of sp³-hybridized carbons (Fsp3) is 0. The monoisotopic (exact) mass is 663 g/mol. The van der Waals surface area contributed by atoms with Crippen LogP contribution in [0.5, 0.6) is 0 Å². The van der Waals surface area contributed by atoms with E-state index in [0.29, 0.717) is 0 Å². The van der Waals surface area contributed by atoms with Crippen LogP contribution in [0.3, 0.4) is 0 Å². The highest BCUT2D eigenvalue weighted by atomic mass is 16.3. The third kappa shape index (κ3) is 5.04. The maximum atomic E-state index is 6.53. The van der Waals surface area contributed by atoms with Crippen molar-refractivity contribution in [1.29, 1.82) is 0 Å². The van der Waals surface area contributed by atoms with Crippen LogP contribution in [0.1, 0.15) is 0 Å². The van der Waals surface area contributed by atoms with Crippen LogP contribution in [0.2, 0.25) is 0 Å². The summed E-state index contributed by atoms with van der Waals surface area (Å²) >= 11 is 0. The van der Waals surface area contributed by atoms with E-state index in [-0.39, 0.29) is 0 Å². The quantitative estimate of drug-likeness (QED) is 0.165. The van der Waals surface area contributed by atoms with Crippen molar-refractivity contribution < 1.29 is 4.42 Å². The predicted octanol–water partition coefficient (Wildman–Crippen LogP) is 14.4. The number of hydrogen-bond donors (Lipinski definition) is 0. The molecule has 0 radical (unpaired) electrons. The van der Waals surface area contributed by atoms with Gasteiger partial charge in [0, 0.05) is 33.3 Å². The molecule has 0 aliphatic heterocycles. The second-order valence-electron chi connectivity index (χ2n) is 13.3. The molecular weight excluding hydrogens is 631 g/mol. The lowest BCUT2D eigenvalue weighted by Crippen LogP contribution is -2.11. The Morgan fingerprint density at radius 1 is 0.327 bits per heavy atom. The van der Waals surface area contributed by atoms with Gasteiger partial charge in [-0.2, -0.15) is 0 Å². The van der Waals surface area contributed by atoms with Crippen LogP contribution < -0.4 is 4.90 Å². The van der Waals surface area contributed by atoms with Crippen molar-refractivity contribution in [1.82, 2.24) is 0 Å². The number of anilines is 3. The van der Waals surface area contributed by atoms with Crippen molar-refractivity contribution in [3.8, 4) is 33.4 Å². The molecule has 2 nitrogen and oxygen atoms in total. The first kappa shape index (κ1) is 30.0. The number of para-hydroxylation sites is 3. The van der Waals surface area contributed by atoms with E-state index in [1.165, 1.54) is 49.4 Å². The van der Waals surface area contributed by atoms with Gasteiger partial charge in [-0.25, -0.2) is 0 Å². The van der Waals surface area contributed by atoms with E-state index >= 15 is 0 Å². The number of furan rings is 1. The third-order valence-electron chi connectivity index (χ3n) is 10.3. The maximum absolute atomic E-state index is 6.53. The zero-order chi connectivity index (χ0) is 34.4. The molecule has 244 valence electrons. The Hall–Kier alpha value is -6.90. The van der Waals surface area contributed by atoms with Crippen molar-refractivity contribution in [2.75, 3.05) is 4.90 Å². The Kier molecular flexibility index (Phi) is 7.18. The van der Waals surface area contributed by atoms with Crippen LogP contribution in [0.25, 0.3) is 76.9 Å². The van der Waals surface area contributed by atoms with E-state index in [0.717, 1.165) is 44.6 Å². The lowest BCUT2D eigenvalue weighted by Gasteiger charge is -2.28. The average molecular weight is 664 g/mol. The van der Waals surface area contributed by atoms with Crippen molar-refractivity contribution in [2.24, 2.45) is 0 Å². The standard InChI is InChI=1S/C50H33NO/c1-3-14-34(15-4-1)35-26-29-38(30-27-35)51(48-24-11-9-18-40(48)36-16-5-2-6-17-36)39-31-28-37-32-47(42-20-8-7-19-41(42)46(37)33-39)45-23-13-22-44-43-21-10-12-25-49(43)52-50(44)45/h1-33H. The molecule has 2 heteroatoms. The highest BCUT2D eigenvalue weighted by Crippen LogP contribution is 2.45. The normalized spacial score (nSPS) is 11.5. The Labute approximate surface area is 302 Å². The van der Waals surface area contributed by atoms with Crippen LogP contribution in [0, 0.1) is 0 Å². The summed E-state index contributed by atoms with van der Waals surface area (Å²) in [6.07, 6.45) is 0. The summed E-state index contributed by atoms with van der Waals surface area (Å²) in [5.41, 5.74) is 12.2. The maximum Gasteiger partial charge on any atom is 0.143 e. The number of fused-ring (bicyclic) bond motifs is 6. The lowest BCUT2D eigenvalue weighted by molar-refractivity contribution is 0.670. The van der Waals surface area contributed by atoms with Crippen molar-refractivity contribution in [3.63, 3.8) is 0 Å². The second-order valence-corrected chi connectivity index (χ2v) is 13.3. The molecule has 52 heavy (non-hydrogen) atoms. The number of benzene rings is 9. The topological polar surface area (TPSA) is 16.4 Å². The fourth-order valence-electron chi connectivity index (χ4n) is 7.80. The molecule has 0 bridgehead atoms. The molecule has 0 saturated carbocycles. The molecule has 9 aromatic carbocycles. The van der Waals surface area contributed by atoms with Crippen molar-refractivity contribution >= 4 is 60.5 Å². The third-order valence-corrected chi connectivity index (χ3v) is 10.3. The molecule has 10 rings (SSSR count). The summed E-state index contributed by atoms with van der Waals surface area (Å²) in [6, 6.07) is 71.7. The highest BCUT2D eigenvalue weighted by Gasteiger charge is 2.20. The van der Waals surface area contributed by atoms with Gasteiger partial charge < -0.3 is 9.32 Å². The molecule has 1 heterocycles. The highest BCUT2D eigenvalue weighted by molar-refractivity contribution is 6.18. The van der Waals surface area contributed by atoms with E-state index in [1.54, 1.807) is 0 Å². The van der Waals surface area contributed by atoms with E-state index in [1.807, 2.05) is 6.07 Å². The van der Waals surface area contributed by atoms with E-state index < -0.39 is 0 Å². The van der Waals surface area contributed by atoms with Gasteiger partial charge in [-0.1, -0.05) is 158 Å². The Morgan fingerprint density at radius 2 is 0.923 bits per heavy atom. The van der Waals surface area contributed by atoms with Gasteiger partial charge in [-0.05, 0) is 86.3 Å². The summed E-state index contributed by atoms with van der Waals surface area (Å²) in [6.45, 7) is 0. The molecule has 0 aliphatic carbocycles. The second kappa shape index (κ2) is 12.5. The van der Waals surface area contributed by atoms with E-state index in [2.05, 4.69) is 199 Å². The van der Waals surface area contributed by atoms with E-state index in [9.17, 15) is 0 Å². The Bertz CT molecular complexity index is 2890. The Morgan fingerprint density at radius 3 is 1.73 bits per heavy atom. The molecule has 0 fully saturated rings. The lowest BCUT2D eigenvalue weighted by atomic mass is 9.92. The largest absolute Gasteiger partial charge is 0.455 e. The molecule has 0 atom stereocenters. The van der Waals surface area contributed by atoms with Gasteiger partial charge in [0.1, 0.15) is 11.2 Å². The van der Waals surface area contributed by atoms with Gasteiger partial charge in [0.25, 0.3) is 0 Å². The SMILES string of the molecule is c1ccc(-c2ccc(N(c3ccc4cc(-c5cccc6c5oc5ccccc56)c5ccccc5c4c3)c3ccccc3-c3ccccc3)cc2)cc1. The molecule has 10 aromatic rings. The van der Waals surface area contributed by atoms with Gasteiger partial charge in [-0.15, -0.1) is 0 Å². The number of nitrogens with zero attached hydrogens (tertiary/aromatic N) is 1. The van der Waals surface area contributed by atoms with Crippen molar-refractivity contribution in [3.05, 3.63) is 200 Å². The minimum absolute atomic E-state index is 0.910. The van der Waals surface area contributed by atoms with Gasteiger partial charge in [0.2, 0.25) is 0 Å².